The van der Waals surface area contributed by atoms with E-state index in [2.05, 4.69) is 5.32 Å². The lowest BCUT2D eigenvalue weighted by Gasteiger charge is -2.13. The van der Waals surface area contributed by atoms with Crippen molar-refractivity contribution in [1.82, 2.24) is 9.62 Å². The molecule has 1 amide bonds. The highest BCUT2D eigenvalue weighted by molar-refractivity contribution is 7.88. The van der Waals surface area contributed by atoms with E-state index in [4.69, 9.17) is 4.42 Å². The molecule has 1 fully saturated rings. The van der Waals surface area contributed by atoms with E-state index >= 15 is 0 Å². The van der Waals surface area contributed by atoms with Crippen LogP contribution in [0.25, 0.3) is 17.0 Å². The molecule has 3 rings (SSSR count). The summed E-state index contributed by atoms with van der Waals surface area (Å²) in [7, 11) is -3.14. The van der Waals surface area contributed by atoms with Crippen LogP contribution >= 0.6 is 0 Å². The molecule has 1 saturated heterocycles. The monoisotopic (exact) mass is 348 g/mol. The predicted molar refractivity (Wildman–Crippen MR) is 92.8 cm³/mol. The maximum Gasteiger partial charge on any atom is 0.244 e. The molecule has 0 bridgehead atoms. The van der Waals surface area contributed by atoms with Gasteiger partial charge in [0.05, 0.1) is 6.26 Å². The summed E-state index contributed by atoms with van der Waals surface area (Å²) in [4.78, 5) is 11.9. The first-order chi connectivity index (χ1) is 11.4. The van der Waals surface area contributed by atoms with Crippen LogP contribution in [0.15, 0.2) is 40.8 Å². The average Bonchev–Trinajstić information content (AvgIpc) is 3.16. The average molecular weight is 348 g/mol. The summed E-state index contributed by atoms with van der Waals surface area (Å²) in [5.74, 6) is 0.562. The van der Waals surface area contributed by atoms with Crippen molar-refractivity contribution in [2.24, 2.45) is 5.92 Å². The first-order valence-electron chi connectivity index (χ1n) is 7.81. The van der Waals surface area contributed by atoms with Gasteiger partial charge in [0.2, 0.25) is 15.9 Å². The minimum Gasteiger partial charge on any atom is -0.457 e. The van der Waals surface area contributed by atoms with Crippen molar-refractivity contribution in [1.29, 1.82) is 0 Å². The first kappa shape index (κ1) is 16.7. The number of carbonyl (C=O) groups is 1. The van der Waals surface area contributed by atoms with E-state index in [1.807, 2.05) is 30.3 Å². The molecular formula is C17H20N2O4S. The molecule has 2 aromatic rings. The predicted octanol–water partition coefficient (Wildman–Crippen LogP) is 1.84. The molecule has 1 aromatic carbocycles. The zero-order valence-corrected chi connectivity index (χ0v) is 14.3. The number of benzene rings is 1. The fourth-order valence-corrected chi connectivity index (χ4v) is 3.73. The van der Waals surface area contributed by atoms with Gasteiger partial charge in [0.15, 0.2) is 0 Å². The summed E-state index contributed by atoms with van der Waals surface area (Å²) >= 11 is 0. The molecule has 0 spiro atoms. The Morgan fingerprint density at radius 2 is 2.21 bits per heavy atom. The number of fused-ring (bicyclic) bond motifs is 1. The van der Waals surface area contributed by atoms with Gasteiger partial charge in [-0.25, -0.2) is 12.7 Å². The maximum atomic E-state index is 11.9. The van der Waals surface area contributed by atoms with Crippen LogP contribution in [-0.2, 0) is 14.8 Å². The Morgan fingerprint density at radius 1 is 1.42 bits per heavy atom. The molecule has 1 N–H and O–H groups in total. The van der Waals surface area contributed by atoms with Crippen molar-refractivity contribution in [2.45, 2.75) is 6.42 Å². The van der Waals surface area contributed by atoms with Crippen LogP contribution < -0.4 is 5.32 Å². The maximum absolute atomic E-state index is 11.9. The number of amides is 1. The van der Waals surface area contributed by atoms with Gasteiger partial charge in [0.1, 0.15) is 11.3 Å². The van der Waals surface area contributed by atoms with E-state index in [9.17, 15) is 13.2 Å². The standard InChI is InChI=1S/C17H20N2O4S/c1-24(21,22)19-9-8-13(12-19)11-18-17(20)7-6-15-10-14-4-2-3-5-16(14)23-15/h2-7,10,13H,8-9,11-12H2,1H3,(H,18,20)/b7-6+/t13-/m1/s1. The van der Waals surface area contributed by atoms with Crippen LogP contribution in [-0.4, -0.2) is 44.5 Å². The largest absolute Gasteiger partial charge is 0.457 e. The molecule has 0 saturated carbocycles. The number of carbonyl (C=O) groups excluding carboxylic acids is 1. The van der Waals surface area contributed by atoms with Crippen LogP contribution in [0.5, 0.6) is 0 Å². The molecule has 1 aromatic heterocycles. The Balaban J connectivity index is 1.51. The van der Waals surface area contributed by atoms with Crippen molar-refractivity contribution < 1.29 is 17.6 Å². The third-order valence-electron chi connectivity index (χ3n) is 4.13. The molecular weight excluding hydrogens is 328 g/mol. The number of hydrogen-bond acceptors (Lipinski definition) is 4. The highest BCUT2D eigenvalue weighted by Gasteiger charge is 2.28. The summed E-state index contributed by atoms with van der Waals surface area (Å²) in [5.41, 5.74) is 0.782. The Labute approximate surface area is 141 Å². The number of rotatable bonds is 5. The number of furan rings is 1. The SMILES string of the molecule is CS(=O)(=O)N1CC[C@H](CNC(=O)/C=C/c2cc3ccccc3o2)C1. The number of nitrogens with one attached hydrogen (secondary N) is 1. The molecule has 2 heterocycles. The van der Waals surface area contributed by atoms with Gasteiger partial charge in [0.25, 0.3) is 0 Å². The van der Waals surface area contributed by atoms with Gasteiger partial charge in [-0.2, -0.15) is 0 Å². The lowest BCUT2D eigenvalue weighted by atomic mass is 10.1. The Morgan fingerprint density at radius 3 is 2.92 bits per heavy atom. The van der Waals surface area contributed by atoms with E-state index in [0.717, 1.165) is 17.4 Å². The van der Waals surface area contributed by atoms with Gasteiger partial charge < -0.3 is 9.73 Å². The highest BCUT2D eigenvalue weighted by atomic mass is 32.2. The molecule has 1 atom stereocenters. The minimum absolute atomic E-state index is 0.156. The van der Waals surface area contributed by atoms with Gasteiger partial charge >= 0.3 is 0 Å². The molecule has 6 nitrogen and oxygen atoms in total. The smallest absolute Gasteiger partial charge is 0.244 e. The van der Waals surface area contributed by atoms with Gasteiger partial charge in [0, 0.05) is 31.1 Å². The summed E-state index contributed by atoms with van der Waals surface area (Å²) < 4.78 is 30.0. The van der Waals surface area contributed by atoms with Gasteiger partial charge in [-0.3, -0.25) is 4.79 Å². The van der Waals surface area contributed by atoms with Crippen LogP contribution in [0.4, 0.5) is 0 Å². The normalized spacial score (nSPS) is 19.3. The van der Waals surface area contributed by atoms with Crippen LogP contribution in [0.2, 0.25) is 0 Å². The summed E-state index contributed by atoms with van der Waals surface area (Å²) in [6.45, 7) is 1.45. The van der Waals surface area contributed by atoms with Gasteiger partial charge in [-0.1, -0.05) is 18.2 Å². The number of nitrogens with zero attached hydrogens (tertiary/aromatic N) is 1. The summed E-state index contributed by atoms with van der Waals surface area (Å²) in [6, 6.07) is 9.52. The van der Waals surface area contributed by atoms with E-state index in [1.54, 1.807) is 6.08 Å². The molecule has 7 heteroatoms. The molecule has 0 aliphatic carbocycles. The third kappa shape index (κ3) is 4.04. The molecule has 1 aliphatic rings. The third-order valence-corrected chi connectivity index (χ3v) is 5.40. The van der Waals surface area contributed by atoms with Crippen molar-refractivity contribution in [3.63, 3.8) is 0 Å². The molecule has 1 aliphatic heterocycles. The zero-order valence-electron chi connectivity index (χ0n) is 13.4. The molecule has 0 radical (unpaired) electrons. The quantitative estimate of drug-likeness (QED) is 0.836. The lowest BCUT2D eigenvalue weighted by Crippen LogP contribution is -2.31. The second kappa shape index (κ2) is 6.78. The summed E-state index contributed by atoms with van der Waals surface area (Å²) in [6.07, 6.45) is 5.04. The van der Waals surface area contributed by atoms with Crippen molar-refractivity contribution >= 4 is 33.0 Å². The van der Waals surface area contributed by atoms with Crippen molar-refractivity contribution in [3.05, 3.63) is 42.2 Å². The van der Waals surface area contributed by atoms with E-state index in [1.165, 1.54) is 16.6 Å². The van der Waals surface area contributed by atoms with Crippen LogP contribution in [0.3, 0.4) is 0 Å². The van der Waals surface area contributed by atoms with E-state index in [0.29, 0.717) is 25.4 Å². The second-order valence-electron chi connectivity index (χ2n) is 6.04. The van der Waals surface area contributed by atoms with E-state index < -0.39 is 10.0 Å². The molecule has 24 heavy (non-hydrogen) atoms. The van der Waals surface area contributed by atoms with Gasteiger partial charge in [-0.05, 0) is 30.5 Å². The van der Waals surface area contributed by atoms with Crippen molar-refractivity contribution in [2.75, 3.05) is 25.9 Å². The first-order valence-corrected chi connectivity index (χ1v) is 9.66. The van der Waals surface area contributed by atoms with Crippen molar-refractivity contribution in [3.8, 4) is 0 Å². The number of para-hydroxylation sites is 1. The van der Waals surface area contributed by atoms with E-state index in [-0.39, 0.29) is 11.8 Å². The molecule has 0 unspecified atom stereocenters. The topological polar surface area (TPSA) is 79.6 Å². The Hall–Kier alpha value is -2.12. The number of sulfonamides is 1. The zero-order chi connectivity index (χ0) is 17.2. The lowest BCUT2D eigenvalue weighted by molar-refractivity contribution is -0.116. The van der Waals surface area contributed by atoms with Crippen LogP contribution in [0.1, 0.15) is 12.2 Å². The van der Waals surface area contributed by atoms with Gasteiger partial charge in [-0.15, -0.1) is 0 Å². The fourth-order valence-electron chi connectivity index (χ4n) is 2.81. The minimum atomic E-state index is -3.14. The van der Waals surface area contributed by atoms with Crippen LogP contribution in [0, 0.1) is 5.92 Å². The summed E-state index contributed by atoms with van der Waals surface area (Å²) in [5, 5.41) is 3.80. The highest BCUT2D eigenvalue weighted by Crippen LogP contribution is 2.20. The number of hydrogen-bond donors (Lipinski definition) is 1. The Kier molecular flexibility index (Phi) is 4.73. The molecule has 128 valence electrons. The Bertz CT molecular complexity index is 837. The fraction of sp³-hybridized carbons (Fsp3) is 0.353. The second-order valence-corrected chi connectivity index (χ2v) is 8.02.